The zero-order valence-corrected chi connectivity index (χ0v) is 16.9. The zero-order valence-electron chi connectivity index (χ0n) is 16.9. The summed E-state index contributed by atoms with van der Waals surface area (Å²) in [4.78, 5) is 2.48. The first-order valence-electron chi connectivity index (χ1n) is 10.4. The lowest BCUT2D eigenvalue weighted by atomic mass is 9.84. The number of fused-ring (bicyclic) bond motifs is 1. The molecule has 144 valence electrons. The second kappa shape index (κ2) is 7.93. The fraction of sp³-hybridized carbons (Fsp3) is 0.500. The first-order chi connectivity index (χ1) is 13.1. The Kier molecular flexibility index (Phi) is 5.40. The molecule has 1 aromatic rings. The molecular weight excluding hydrogens is 332 g/mol. The molecule has 27 heavy (non-hydrogen) atoms. The molecule has 0 aromatic heterocycles. The maximum atomic E-state index is 5.56. The van der Waals surface area contributed by atoms with Gasteiger partial charge in [0.05, 0.1) is 13.2 Å². The number of nitrogens with zero attached hydrogens (tertiary/aromatic N) is 1. The smallest absolute Gasteiger partial charge is 0.0642 e. The monoisotopic (exact) mass is 364 g/mol. The van der Waals surface area contributed by atoms with Gasteiger partial charge in [0.25, 0.3) is 0 Å². The van der Waals surface area contributed by atoms with Crippen LogP contribution in [0.1, 0.15) is 44.7 Å². The van der Waals surface area contributed by atoms with Crippen LogP contribution < -0.4 is 5.32 Å². The molecule has 3 heteroatoms. The number of rotatable bonds is 2. The molecule has 2 heterocycles. The van der Waals surface area contributed by atoms with Gasteiger partial charge in [0.2, 0.25) is 0 Å². The lowest BCUT2D eigenvalue weighted by molar-refractivity contribution is 0.0639. The Morgan fingerprint density at radius 3 is 2.74 bits per heavy atom. The normalized spacial score (nSPS) is 29.9. The second-order valence-electron chi connectivity index (χ2n) is 8.24. The van der Waals surface area contributed by atoms with Gasteiger partial charge in [-0.05, 0) is 60.9 Å². The fourth-order valence-electron chi connectivity index (χ4n) is 4.36. The molecular formula is C24H32N2O. The van der Waals surface area contributed by atoms with E-state index in [1.54, 1.807) is 0 Å². The topological polar surface area (TPSA) is 24.5 Å². The van der Waals surface area contributed by atoms with Crippen molar-refractivity contribution in [2.75, 3.05) is 38.2 Å². The van der Waals surface area contributed by atoms with Crippen molar-refractivity contribution in [3.05, 3.63) is 53.1 Å². The van der Waals surface area contributed by atoms with Crippen LogP contribution in [-0.4, -0.2) is 37.7 Å². The summed E-state index contributed by atoms with van der Waals surface area (Å²) in [5, 5.41) is 3.54. The third-order valence-electron chi connectivity index (χ3n) is 6.36. The molecule has 0 amide bonds. The minimum atomic E-state index is 0.635. The maximum absolute atomic E-state index is 5.56. The molecule has 4 rings (SSSR count). The third-order valence-corrected chi connectivity index (χ3v) is 6.36. The summed E-state index contributed by atoms with van der Waals surface area (Å²) in [5.74, 6) is 1.29. The summed E-state index contributed by atoms with van der Waals surface area (Å²) in [5.41, 5.74) is 8.20. The molecule has 3 nitrogen and oxygen atoms in total. The van der Waals surface area contributed by atoms with Gasteiger partial charge in [0, 0.05) is 36.6 Å². The van der Waals surface area contributed by atoms with Gasteiger partial charge in [-0.1, -0.05) is 37.6 Å². The van der Waals surface area contributed by atoms with Gasteiger partial charge in [-0.3, -0.25) is 0 Å². The van der Waals surface area contributed by atoms with Crippen molar-refractivity contribution in [1.82, 2.24) is 4.90 Å². The Labute approximate surface area is 163 Å². The van der Waals surface area contributed by atoms with Crippen molar-refractivity contribution >= 4 is 17.0 Å². The van der Waals surface area contributed by atoms with Crippen LogP contribution >= 0.6 is 0 Å². The molecule has 0 bridgehead atoms. The SMILES string of the molecule is C/C1=C(c2ccc3c(c2)C(N2CCOCC2)=CCN3)\C=C/C(C)CCC1C. The van der Waals surface area contributed by atoms with Crippen molar-refractivity contribution in [3.63, 3.8) is 0 Å². The predicted molar refractivity (Wildman–Crippen MR) is 115 cm³/mol. The summed E-state index contributed by atoms with van der Waals surface area (Å²) >= 11 is 0. The van der Waals surface area contributed by atoms with E-state index >= 15 is 0 Å². The molecule has 3 aliphatic rings. The van der Waals surface area contributed by atoms with Crippen molar-refractivity contribution in [3.8, 4) is 0 Å². The molecule has 0 spiro atoms. The molecule has 2 aliphatic heterocycles. The van der Waals surface area contributed by atoms with Crippen LogP contribution in [-0.2, 0) is 4.74 Å². The Morgan fingerprint density at radius 2 is 1.93 bits per heavy atom. The van der Waals surface area contributed by atoms with Gasteiger partial charge < -0.3 is 15.0 Å². The molecule has 2 atom stereocenters. The van der Waals surface area contributed by atoms with Crippen LogP contribution in [0.5, 0.6) is 0 Å². The van der Waals surface area contributed by atoms with Crippen molar-refractivity contribution in [1.29, 1.82) is 0 Å². The molecule has 0 radical (unpaired) electrons. The van der Waals surface area contributed by atoms with Crippen LogP contribution in [0.15, 0.2) is 42.0 Å². The van der Waals surface area contributed by atoms with Gasteiger partial charge in [-0.25, -0.2) is 0 Å². The lowest BCUT2D eigenvalue weighted by Crippen LogP contribution is -2.36. The molecule has 0 saturated carbocycles. The van der Waals surface area contributed by atoms with E-state index in [0.29, 0.717) is 11.8 Å². The summed E-state index contributed by atoms with van der Waals surface area (Å²) in [6.07, 6.45) is 9.64. The summed E-state index contributed by atoms with van der Waals surface area (Å²) < 4.78 is 5.56. The van der Waals surface area contributed by atoms with Crippen LogP contribution in [0.25, 0.3) is 11.3 Å². The second-order valence-corrected chi connectivity index (χ2v) is 8.24. The highest BCUT2D eigenvalue weighted by molar-refractivity contribution is 5.84. The molecule has 1 aliphatic carbocycles. The van der Waals surface area contributed by atoms with Crippen LogP contribution in [0.4, 0.5) is 5.69 Å². The van der Waals surface area contributed by atoms with E-state index in [2.05, 4.69) is 67.4 Å². The summed E-state index contributed by atoms with van der Waals surface area (Å²) in [6.45, 7) is 11.5. The van der Waals surface area contributed by atoms with E-state index in [-0.39, 0.29) is 0 Å². The van der Waals surface area contributed by atoms with Crippen LogP contribution in [0.3, 0.4) is 0 Å². The molecule has 1 N–H and O–H groups in total. The number of allylic oxidation sites excluding steroid dienone is 4. The highest BCUT2D eigenvalue weighted by Crippen LogP contribution is 2.36. The van der Waals surface area contributed by atoms with Gasteiger partial charge in [-0.15, -0.1) is 0 Å². The average Bonchev–Trinajstić information content (AvgIpc) is 2.71. The number of hydrogen-bond acceptors (Lipinski definition) is 3. The average molecular weight is 365 g/mol. The Hall–Kier alpha value is -2.00. The van der Waals surface area contributed by atoms with Crippen molar-refractivity contribution in [2.45, 2.75) is 33.6 Å². The van der Waals surface area contributed by atoms with Crippen molar-refractivity contribution in [2.24, 2.45) is 11.8 Å². The van der Waals surface area contributed by atoms with Gasteiger partial charge >= 0.3 is 0 Å². The minimum Gasteiger partial charge on any atom is -0.381 e. The lowest BCUT2D eigenvalue weighted by Gasteiger charge is -2.34. The quantitative estimate of drug-likeness (QED) is 0.782. The number of morpholine rings is 1. The van der Waals surface area contributed by atoms with E-state index in [9.17, 15) is 0 Å². The summed E-state index contributed by atoms with van der Waals surface area (Å²) in [6, 6.07) is 6.94. The van der Waals surface area contributed by atoms with Gasteiger partial charge in [0.15, 0.2) is 0 Å². The van der Waals surface area contributed by atoms with Crippen molar-refractivity contribution < 1.29 is 4.74 Å². The first kappa shape index (κ1) is 18.4. The number of anilines is 1. The van der Waals surface area contributed by atoms with E-state index < -0.39 is 0 Å². The van der Waals surface area contributed by atoms with E-state index in [0.717, 1.165) is 32.8 Å². The zero-order chi connectivity index (χ0) is 18.8. The van der Waals surface area contributed by atoms with E-state index in [4.69, 9.17) is 4.74 Å². The predicted octanol–water partition coefficient (Wildman–Crippen LogP) is 5.18. The van der Waals surface area contributed by atoms with Crippen LogP contribution in [0, 0.1) is 11.8 Å². The van der Waals surface area contributed by atoms with E-state index in [1.807, 2.05) is 0 Å². The Balaban J connectivity index is 1.73. The summed E-state index contributed by atoms with van der Waals surface area (Å²) in [7, 11) is 0. The fourth-order valence-corrected chi connectivity index (χ4v) is 4.36. The highest BCUT2D eigenvalue weighted by Gasteiger charge is 2.22. The van der Waals surface area contributed by atoms with Crippen LogP contribution in [0.2, 0.25) is 0 Å². The maximum Gasteiger partial charge on any atom is 0.0642 e. The number of ether oxygens (including phenoxy) is 1. The highest BCUT2D eigenvalue weighted by atomic mass is 16.5. The van der Waals surface area contributed by atoms with E-state index in [1.165, 1.54) is 46.5 Å². The number of benzene rings is 1. The molecule has 1 aromatic carbocycles. The molecule has 2 unspecified atom stereocenters. The minimum absolute atomic E-state index is 0.635. The Bertz CT molecular complexity index is 784. The van der Waals surface area contributed by atoms with Gasteiger partial charge in [0.1, 0.15) is 0 Å². The largest absolute Gasteiger partial charge is 0.381 e. The first-order valence-corrected chi connectivity index (χ1v) is 10.4. The standard InChI is InChI=1S/C24H32N2O/c1-17-4-6-18(2)19(3)21(8-5-17)20-7-9-23-22(16-20)24(10-11-25-23)26-12-14-27-15-13-26/h5,7-10,16-18,25H,4,6,11-15H2,1-3H3/b8-5-,21-19-. The number of nitrogens with one attached hydrogen (secondary N) is 1. The Morgan fingerprint density at radius 1 is 1.11 bits per heavy atom. The molecule has 1 saturated heterocycles. The molecule has 1 fully saturated rings. The third kappa shape index (κ3) is 3.84. The van der Waals surface area contributed by atoms with Gasteiger partial charge in [-0.2, -0.15) is 0 Å². The number of hydrogen-bond donors (Lipinski definition) is 1.